The van der Waals surface area contributed by atoms with E-state index in [1.54, 1.807) is 0 Å². The predicted octanol–water partition coefficient (Wildman–Crippen LogP) is 2.79. The molecule has 4 heteroatoms. The third-order valence-corrected chi connectivity index (χ3v) is 4.39. The standard InChI is InChI=1S/C17H23NO3/c1-3-6-14(15(19)20)18-16(21)17(9-5-10-17)13-8-4-7-12(2)11-13/h4,7-8,11,14H,3,5-6,9-10H2,1-2H3,(H,18,21)(H,19,20)/t14-/m0/s1. The van der Waals surface area contributed by atoms with Crippen molar-refractivity contribution in [3.05, 3.63) is 35.4 Å². The maximum atomic E-state index is 12.7. The van der Waals surface area contributed by atoms with Gasteiger partial charge in [0.15, 0.2) is 0 Å². The summed E-state index contributed by atoms with van der Waals surface area (Å²) in [6.45, 7) is 3.92. The minimum absolute atomic E-state index is 0.139. The van der Waals surface area contributed by atoms with Gasteiger partial charge < -0.3 is 10.4 Å². The van der Waals surface area contributed by atoms with E-state index in [9.17, 15) is 14.7 Å². The summed E-state index contributed by atoms with van der Waals surface area (Å²) in [5.41, 5.74) is 1.59. The van der Waals surface area contributed by atoms with Crippen molar-refractivity contribution in [3.8, 4) is 0 Å². The smallest absolute Gasteiger partial charge is 0.326 e. The van der Waals surface area contributed by atoms with E-state index in [0.29, 0.717) is 6.42 Å². The van der Waals surface area contributed by atoms with Crippen molar-refractivity contribution in [1.82, 2.24) is 5.32 Å². The predicted molar refractivity (Wildman–Crippen MR) is 81.2 cm³/mol. The fourth-order valence-electron chi connectivity index (χ4n) is 2.96. The molecule has 114 valence electrons. The molecule has 0 saturated heterocycles. The molecule has 0 aliphatic heterocycles. The summed E-state index contributed by atoms with van der Waals surface area (Å²) in [6, 6.07) is 7.18. The lowest BCUT2D eigenvalue weighted by Gasteiger charge is -2.41. The van der Waals surface area contributed by atoms with E-state index in [-0.39, 0.29) is 5.91 Å². The number of carboxylic acids is 1. The molecule has 0 unspecified atom stereocenters. The van der Waals surface area contributed by atoms with Crippen molar-refractivity contribution >= 4 is 11.9 Å². The van der Waals surface area contributed by atoms with E-state index in [1.165, 1.54) is 0 Å². The van der Waals surface area contributed by atoms with Crippen LogP contribution in [0, 0.1) is 6.92 Å². The molecule has 1 saturated carbocycles. The first-order valence-corrected chi connectivity index (χ1v) is 7.60. The lowest BCUT2D eigenvalue weighted by atomic mass is 9.63. The number of hydrogen-bond acceptors (Lipinski definition) is 2. The molecular weight excluding hydrogens is 266 g/mol. The van der Waals surface area contributed by atoms with Gasteiger partial charge in [0.05, 0.1) is 5.41 Å². The van der Waals surface area contributed by atoms with Crippen LogP contribution in [-0.4, -0.2) is 23.0 Å². The molecule has 4 nitrogen and oxygen atoms in total. The van der Waals surface area contributed by atoms with Gasteiger partial charge in [-0.1, -0.05) is 49.6 Å². The first-order chi connectivity index (χ1) is 9.99. The average Bonchev–Trinajstić information content (AvgIpc) is 2.37. The summed E-state index contributed by atoms with van der Waals surface area (Å²) >= 11 is 0. The Morgan fingerprint density at radius 2 is 2.10 bits per heavy atom. The quantitative estimate of drug-likeness (QED) is 0.846. The van der Waals surface area contributed by atoms with E-state index >= 15 is 0 Å². The molecule has 1 aromatic rings. The number of rotatable bonds is 6. The normalized spacial score (nSPS) is 17.6. The Balaban J connectivity index is 2.20. The summed E-state index contributed by atoms with van der Waals surface area (Å²) in [5, 5.41) is 11.9. The maximum absolute atomic E-state index is 12.7. The van der Waals surface area contributed by atoms with Gasteiger partial charge in [-0.2, -0.15) is 0 Å². The number of amides is 1. The fraction of sp³-hybridized carbons (Fsp3) is 0.529. The Morgan fingerprint density at radius 3 is 2.57 bits per heavy atom. The molecule has 0 aromatic heterocycles. The fourth-order valence-corrected chi connectivity index (χ4v) is 2.96. The highest BCUT2D eigenvalue weighted by molar-refractivity contribution is 5.92. The number of carbonyl (C=O) groups is 2. The highest BCUT2D eigenvalue weighted by Crippen LogP contribution is 2.44. The van der Waals surface area contributed by atoms with Crippen molar-refractivity contribution in [2.24, 2.45) is 0 Å². The second kappa shape index (κ2) is 6.29. The molecule has 1 atom stereocenters. The molecule has 1 aliphatic carbocycles. The highest BCUT2D eigenvalue weighted by atomic mass is 16.4. The van der Waals surface area contributed by atoms with Crippen molar-refractivity contribution in [3.63, 3.8) is 0 Å². The van der Waals surface area contributed by atoms with Crippen LogP contribution < -0.4 is 5.32 Å². The number of hydrogen-bond donors (Lipinski definition) is 2. The van der Waals surface area contributed by atoms with E-state index in [2.05, 4.69) is 5.32 Å². The zero-order valence-corrected chi connectivity index (χ0v) is 12.7. The van der Waals surface area contributed by atoms with Crippen molar-refractivity contribution < 1.29 is 14.7 Å². The molecule has 2 rings (SSSR count). The molecule has 0 radical (unpaired) electrons. The Labute approximate surface area is 125 Å². The Kier molecular flexibility index (Phi) is 4.66. The van der Waals surface area contributed by atoms with Gasteiger partial charge in [0.1, 0.15) is 6.04 Å². The van der Waals surface area contributed by atoms with Gasteiger partial charge in [0.2, 0.25) is 5.91 Å². The minimum Gasteiger partial charge on any atom is -0.480 e. The summed E-state index contributed by atoms with van der Waals surface area (Å²) in [4.78, 5) is 23.9. The van der Waals surface area contributed by atoms with Gasteiger partial charge in [-0.15, -0.1) is 0 Å². The van der Waals surface area contributed by atoms with Crippen LogP contribution >= 0.6 is 0 Å². The number of aliphatic carboxylic acids is 1. The lowest BCUT2D eigenvalue weighted by molar-refractivity contribution is -0.143. The maximum Gasteiger partial charge on any atom is 0.326 e. The molecule has 0 spiro atoms. The van der Waals surface area contributed by atoms with E-state index in [1.807, 2.05) is 38.1 Å². The largest absolute Gasteiger partial charge is 0.480 e. The van der Waals surface area contributed by atoms with Crippen molar-refractivity contribution in [2.45, 2.75) is 57.4 Å². The summed E-state index contributed by atoms with van der Waals surface area (Å²) < 4.78 is 0. The monoisotopic (exact) mass is 289 g/mol. The van der Waals surface area contributed by atoms with Crippen LogP contribution in [0.5, 0.6) is 0 Å². The van der Waals surface area contributed by atoms with Crippen LogP contribution in [0.15, 0.2) is 24.3 Å². The molecule has 1 amide bonds. The molecule has 1 aromatic carbocycles. The van der Waals surface area contributed by atoms with Gasteiger partial charge >= 0.3 is 5.97 Å². The van der Waals surface area contributed by atoms with Crippen LogP contribution in [0.3, 0.4) is 0 Å². The minimum atomic E-state index is -0.955. The molecule has 0 heterocycles. The van der Waals surface area contributed by atoms with Crippen molar-refractivity contribution in [1.29, 1.82) is 0 Å². The van der Waals surface area contributed by atoms with E-state index in [4.69, 9.17) is 0 Å². The van der Waals surface area contributed by atoms with Crippen LogP contribution in [0.2, 0.25) is 0 Å². The van der Waals surface area contributed by atoms with Gasteiger partial charge in [-0.3, -0.25) is 4.79 Å². The molecule has 2 N–H and O–H groups in total. The SMILES string of the molecule is CCC[C@H](NC(=O)C1(c2cccc(C)c2)CCC1)C(=O)O. The number of carboxylic acid groups (broad SMARTS) is 1. The second-order valence-electron chi connectivity index (χ2n) is 5.96. The van der Waals surface area contributed by atoms with Crippen LogP contribution in [0.4, 0.5) is 0 Å². The number of nitrogens with one attached hydrogen (secondary N) is 1. The first-order valence-electron chi connectivity index (χ1n) is 7.60. The zero-order valence-electron chi connectivity index (χ0n) is 12.7. The third kappa shape index (κ3) is 3.09. The average molecular weight is 289 g/mol. The zero-order chi connectivity index (χ0) is 15.5. The van der Waals surface area contributed by atoms with Crippen LogP contribution in [-0.2, 0) is 15.0 Å². The van der Waals surface area contributed by atoms with E-state index in [0.717, 1.165) is 36.8 Å². The van der Waals surface area contributed by atoms with Gasteiger partial charge in [-0.05, 0) is 31.7 Å². The highest BCUT2D eigenvalue weighted by Gasteiger charge is 2.46. The summed E-state index contributed by atoms with van der Waals surface area (Å²) in [5.74, 6) is -1.09. The number of carbonyl (C=O) groups excluding carboxylic acids is 1. The number of aryl methyl sites for hydroxylation is 1. The van der Waals surface area contributed by atoms with Crippen molar-refractivity contribution in [2.75, 3.05) is 0 Å². The Hall–Kier alpha value is -1.84. The topological polar surface area (TPSA) is 66.4 Å². The summed E-state index contributed by atoms with van der Waals surface area (Å²) in [7, 11) is 0. The van der Waals surface area contributed by atoms with E-state index < -0.39 is 17.4 Å². The Bertz CT molecular complexity index is 535. The van der Waals surface area contributed by atoms with Crippen LogP contribution in [0.25, 0.3) is 0 Å². The van der Waals surface area contributed by atoms with Gasteiger partial charge in [0, 0.05) is 0 Å². The molecule has 1 aliphatic rings. The number of benzene rings is 1. The lowest BCUT2D eigenvalue weighted by Crippen LogP contribution is -2.53. The molecular formula is C17H23NO3. The molecule has 21 heavy (non-hydrogen) atoms. The first kappa shape index (κ1) is 15.5. The van der Waals surface area contributed by atoms with Crippen LogP contribution in [0.1, 0.15) is 50.2 Å². The Morgan fingerprint density at radius 1 is 1.38 bits per heavy atom. The molecule has 1 fully saturated rings. The summed E-state index contributed by atoms with van der Waals surface area (Å²) in [6.07, 6.45) is 3.79. The molecule has 0 bridgehead atoms. The van der Waals surface area contributed by atoms with Gasteiger partial charge in [0.25, 0.3) is 0 Å². The van der Waals surface area contributed by atoms with Gasteiger partial charge in [-0.25, -0.2) is 4.79 Å². The third-order valence-electron chi connectivity index (χ3n) is 4.39. The second-order valence-corrected chi connectivity index (χ2v) is 5.96.